The van der Waals surface area contributed by atoms with Crippen LogP contribution in [0.1, 0.15) is 32.3 Å². The number of hydrogen-bond acceptors (Lipinski definition) is 2. The van der Waals surface area contributed by atoms with Crippen LogP contribution in [0.3, 0.4) is 0 Å². The van der Waals surface area contributed by atoms with E-state index >= 15 is 0 Å². The summed E-state index contributed by atoms with van der Waals surface area (Å²) in [6.45, 7) is 3.53. The highest BCUT2D eigenvalue weighted by atomic mass is 16.4. The van der Waals surface area contributed by atoms with Gasteiger partial charge in [0.05, 0.1) is 11.5 Å². The molecule has 2 atom stereocenters. The van der Waals surface area contributed by atoms with Gasteiger partial charge in [0.2, 0.25) is 0 Å². The molecule has 0 aliphatic carbocycles. The van der Waals surface area contributed by atoms with Gasteiger partial charge in [-0.05, 0) is 18.9 Å². The number of carboxylic acids is 1. The highest BCUT2D eigenvalue weighted by Crippen LogP contribution is 2.26. The Morgan fingerprint density at radius 2 is 1.94 bits per heavy atom. The lowest BCUT2D eigenvalue weighted by Crippen LogP contribution is -2.41. The van der Waals surface area contributed by atoms with Crippen molar-refractivity contribution in [2.24, 2.45) is 5.92 Å². The van der Waals surface area contributed by atoms with Gasteiger partial charge in [0, 0.05) is 6.42 Å². The summed E-state index contributed by atoms with van der Waals surface area (Å²) in [7, 11) is 0. The molecule has 2 N–H and O–H groups in total. The molecule has 1 aromatic carbocycles. The molecule has 0 radical (unpaired) electrons. The van der Waals surface area contributed by atoms with Crippen molar-refractivity contribution in [3.63, 3.8) is 0 Å². The minimum absolute atomic E-state index is 0.366. The Kier molecular flexibility index (Phi) is 4.70. The highest BCUT2D eigenvalue weighted by Gasteiger charge is 2.36. The molecule has 2 unspecified atom stereocenters. The summed E-state index contributed by atoms with van der Waals surface area (Å²) in [6, 6.07) is 9.49. The molecule has 0 saturated heterocycles. The zero-order valence-corrected chi connectivity index (χ0v) is 10.4. The molecule has 0 aliphatic heterocycles. The van der Waals surface area contributed by atoms with Crippen LogP contribution in [0.2, 0.25) is 0 Å². The summed E-state index contributed by atoms with van der Waals surface area (Å²) in [6.07, 6.45) is 1.61. The molecule has 0 aromatic heterocycles. The average Bonchev–Trinajstić information content (AvgIpc) is 2.26. The van der Waals surface area contributed by atoms with Crippen molar-refractivity contribution in [1.29, 1.82) is 0 Å². The Morgan fingerprint density at radius 3 is 2.41 bits per heavy atom. The molecule has 0 fully saturated rings. The third-order valence-corrected chi connectivity index (χ3v) is 3.03. The van der Waals surface area contributed by atoms with Crippen LogP contribution in [-0.2, 0) is 11.2 Å². The lowest BCUT2D eigenvalue weighted by molar-refractivity contribution is -0.151. The van der Waals surface area contributed by atoms with E-state index in [0.717, 1.165) is 12.0 Å². The minimum Gasteiger partial charge on any atom is -0.481 e. The van der Waals surface area contributed by atoms with E-state index in [1.807, 2.05) is 37.3 Å². The normalized spacial score (nSPS) is 16.2. The minimum atomic E-state index is -1.21. The van der Waals surface area contributed by atoms with E-state index in [2.05, 4.69) is 0 Å². The predicted molar refractivity (Wildman–Crippen MR) is 66.8 cm³/mol. The van der Waals surface area contributed by atoms with Gasteiger partial charge in [0.1, 0.15) is 0 Å². The maximum absolute atomic E-state index is 11.2. The van der Waals surface area contributed by atoms with E-state index in [9.17, 15) is 9.90 Å². The summed E-state index contributed by atoms with van der Waals surface area (Å²) in [5.74, 6) is -1.64. The molecule has 17 heavy (non-hydrogen) atoms. The monoisotopic (exact) mass is 236 g/mol. The third kappa shape index (κ3) is 3.86. The van der Waals surface area contributed by atoms with E-state index in [4.69, 9.17) is 5.11 Å². The fourth-order valence-corrected chi connectivity index (χ4v) is 2.12. The fraction of sp³-hybridized carbons (Fsp3) is 0.500. The van der Waals surface area contributed by atoms with Gasteiger partial charge in [-0.3, -0.25) is 4.79 Å². The van der Waals surface area contributed by atoms with Crippen molar-refractivity contribution in [2.75, 3.05) is 0 Å². The first-order chi connectivity index (χ1) is 7.97. The lowest BCUT2D eigenvalue weighted by atomic mass is 9.81. The van der Waals surface area contributed by atoms with Gasteiger partial charge in [-0.1, -0.05) is 43.7 Å². The highest BCUT2D eigenvalue weighted by molar-refractivity contribution is 5.71. The predicted octanol–water partition coefficient (Wildman–Crippen LogP) is 2.48. The van der Waals surface area contributed by atoms with E-state index in [1.54, 1.807) is 6.92 Å². The first-order valence-corrected chi connectivity index (χ1v) is 5.96. The van der Waals surface area contributed by atoms with E-state index in [0.29, 0.717) is 12.8 Å². The van der Waals surface area contributed by atoms with Gasteiger partial charge in [-0.15, -0.1) is 0 Å². The van der Waals surface area contributed by atoms with Gasteiger partial charge in [0.25, 0.3) is 0 Å². The SMILES string of the molecule is CCCC(C(=O)O)C(C)(O)Cc1ccccc1. The Balaban J connectivity index is 2.81. The second-order valence-corrected chi connectivity index (χ2v) is 4.70. The van der Waals surface area contributed by atoms with Gasteiger partial charge < -0.3 is 10.2 Å². The largest absolute Gasteiger partial charge is 0.481 e. The van der Waals surface area contributed by atoms with Crippen LogP contribution >= 0.6 is 0 Å². The molecule has 3 nitrogen and oxygen atoms in total. The van der Waals surface area contributed by atoms with Crippen molar-refractivity contribution in [3.8, 4) is 0 Å². The van der Waals surface area contributed by atoms with Crippen LogP contribution < -0.4 is 0 Å². The number of aliphatic carboxylic acids is 1. The van der Waals surface area contributed by atoms with Crippen LogP contribution in [0.4, 0.5) is 0 Å². The number of carboxylic acid groups (broad SMARTS) is 1. The summed E-state index contributed by atoms with van der Waals surface area (Å²) in [5, 5.41) is 19.5. The first-order valence-electron chi connectivity index (χ1n) is 5.96. The number of aliphatic hydroxyl groups is 1. The van der Waals surface area contributed by atoms with Gasteiger partial charge in [0.15, 0.2) is 0 Å². The maximum atomic E-state index is 11.2. The summed E-state index contributed by atoms with van der Waals surface area (Å²) < 4.78 is 0. The van der Waals surface area contributed by atoms with E-state index in [-0.39, 0.29) is 0 Å². The Bertz CT molecular complexity index is 357. The molecule has 0 heterocycles. The Morgan fingerprint density at radius 1 is 1.35 bits per heavy atom. The Hall–Kier alpha value is -1.35. The molecule has 0 spiro atoms. The van der Waals surface area contributed by atoms with Gasteiger partial charge in [-0.25, -0.2) is 0 Å². The molecule has 94 valence electrons. The van der Waals surface area contributed by atoms with Crippen LogP contribution in [0.15, 0.2) is 30.3 Å². The van der Waals surface area contributed by atoms with Crippen molar-refractivity contribution < 1.29 is 15.0 Å². The van der Waals surface area contributed by atoms with Crippen molar-refractivity contribution in [3.05, 3.63) is 35.9 Å². The maximum Gasteiger partial charge on any atom is 0.309 e. The van der Waals surface area contributed by atoms with Crippen LogP contribution in [0.25, 0.3) is 0 Å². The fourth-order valence-electron chi connectivity index (χ4n) is 2.12. The zero-order valence-electron chi connectivity index (χ0n) is 10.4. The summed E-state index contributed by atoms with van der Waals surface area (Å²) in [5.41, 5.74) is -0.247. The second kappa shape index (κ2) is 5.82. The van der Waals surface area contributed by atoms with Gasteiger partial charge >= 0.3 is 5.97 Å². The van der Waals surface area contributed by atoms with Crippen molar-refractivity contribution in [2.45, 2.75) is 38.7 Å². The average molecular weight is 236 g/mol. The van der Waals surface area contributed by atoms with E-state index in [1.165, 1.54) is 0 Å². The van der Waals surface area contributed by atoms with Crippen molar-refractivity contribution >= 4 is 5.97 Å². The molecule has 0 bridgehead atoms. The second-order valence-electron chi connectivity index (χ2n) is 4.70. The molecular formula is C14H20O3. The lowest BCUT2D eigenvalue weighted by Gasteiger charge is -2.30. The van der Waals surface area contributed by atoms with Crippen LogP contribution in [0, 0.1) is 5.92 Å². The van der Waals surface area contributed by atoms with Crippen LogP contribution in [0.5, 0.6) is 0 Å². The summed E-state index contributed by atoms with van der Waals surface area (Å²) >= 11 is 0. The molecule has 3 heteroatoms. The third-order valence-electron chi connectivity index (χ3n) is 3.03. The van der Waals surface area contributed by atoms with Crippen LogP contribution in [-0.4, -0.2) is 21.8 Å². The number of hydrogen-bond donors (Lipinski definition) is 2. The number of rotatable bonds is 6. The standard InChI is InChI=1S/C14H20O3/c1-3-7-12(13(15)16)14(2,17)10-11-8-5-4-6-9-11/h4-6,8-9,12,17H,3,7,10H2,1-2H3,(H,15,16). The van der Waals surface area contributed by atoms with Gasteiger partial charge in [-0.2, -0.15) is 0 Å². The van der Waals surface area contributed by atoms with Crippen molar-refractivity contribution in [1.82, 2.24) is 0 Å². The zero-order chi connectivity index (χ0) is 12.9. The molecule has 1 aromatic rings. The molecule has 0 aliphatic rings. The summed E-state index contributed by atoms with van der Waals surface area (Å²) in [4.78, 5) is 11.2. The number of carbonyl (C=O) groups is 1. The Labute approximate surface area is 102 Å². The smallest absolute Gasteiger partial charge is 0.309 e. The molecule has 1 rings (SSSR count). The van der Waals surface area contributed by atoms with E-state index < -0.39 is 17.5 Å². The molecule has 0 amide bonds. The molecular weight excluding hydrogens is 216 g/mol. The molecule has 0 saturated carbocycles. The quantitative estimate of drug-likeness (QED) is 0.797. The number of benzene rings is 1. The topological polar surface area (TPSA) is 57.5 Å². The first kappa shape index (κ1) is 13.7.